The fraction of sp³-hybridized carbons (Fsp3) is 1.00. The van der Waals surface area contributed by atoms with Gasteiger partial charge >= 0.3 is 0 Å². The third-order valence-electron chi connectivity index (χ3n) is 5.79. The van der Waals surface area contributed by atoms with Crippen LogP contribution in [0.2, 0.25) is 0 Å². The average molecular weight is 368 g/mol. The molecule has 158 valence electrons. The van der Waals surface area contributed by atoms with Gasteiger partial charge in [-0.05, 0) is 56.0 Å². The van der Waals surface area contributed by atoms with Gasteiger partial charge < -0.3 is 4.90 Å². The molecule has 1 nitrogen and oxygen atoms in total. The van der Waals surface area contributed by atoms with Crippen LogP contribution in [0.4, 0.5) is 0 Å². The van der Waals surface area contributed by atoms with E-state index in [2.05, 4.69) is 53.4 Å². The van der Waals surface area contributed by atoms with Gasteiger partial charge in [0.2, 0.25) is 0 Å². The molecule has 0 heterocycles. The lowest BCUT2D eigenvalue weighted by Crippen LogP contribution is -2.32. The summed E-state index contributed by atoms with van der Waals surface area (Å²) in [6, 6.07) is 0. The molecule has 0 saturated carbocycles. The highest BCUT2D eigenvalue weighted by molar-refractivity contribution is 4.71. The average Bonchev–Trinajstić information content (AvgIpc) is 2.57. The van der Waals surface area contributed by atoms with Crippen molar-refractivity contribution in [3.05, 3.63) is 0 Å². The van der Waals surface area contributed by atoms with E-state index < -0.39 is 0 Å². The smallest absolute Gasteiger partial charge is 0.000956 e. The molecule has 0 radical (unpaired) electrons. The van der Waals surface area contributed by atoms with Crippen molar-refractivity contribution in [2.24, 2.45) is 17.3 Å². The highest BCUT2D eigenvalue weighted by Gasteiger charge is 2.17. The Hall–Kier alpha value is -0.0400. The maximum absolute atomic E-state index is 2.82. The molecule has 0 saturated heterocycles. The first-order valence-corrected chi connectivity index (χ1v) is 12.0. The number of nitrogens with zero attached hydrogens (tertiary/aromatic N) is 1. The van der Waals surface area contributed by atoms with Crippen molar-refractivity contribution in [3.63, 3.8) is 0 Å². The lowest BCUT2D eigenvalue weighted by Gasteiger charge is -2.30. The van der Waals surface area contributed by atoms with Gasteiger partial charge in [0, 0.05) is 6.54 Å². The van der Waals surface area contributed by atoms with Gasteiger partial charge in [0.05, 0.1) is 0 Å². The zero-order valence-electron chi connectivity index (χ0n) is 19.7. The Morgan fingerprint density at radius 1 is 0.731 bits per heavy atom. The first-order chi connectivity index (χ1) is 12.3. The maximum atomic E-state index is 2.82. The van der Waals surface area contributed by atoms with E-state index in [0.29, 0.717) is 5.41 Å². The summed E-state index contributed by atoms with van der Waals surface area (Å²) in [7, 11) is 0. The summed E-state index contributed by atoms with van der Waals surface area (Å²) in [5.74, 6) is 1.76. The van der Waals surface area contributed by atoms with E-state index in [0.717, 1.165) is 11.8 Å². The van der Waals surface area contributed by atoms with E-state index in [-0.39, 0.29) is 0 Å². The molecule has 0 aromatic heterocycles. The second-order valence-corrected chi connectivity index (χ2v) is 10.1. The van der Waals surface area contributed by atoms with Crippen LogP contribution in [0.3, 0.4) is 0 Å². The van der Waals surface area contributed by atoms with Crippen molar-refractivity contribution in [2.75, 3.05) is 19.6 Å². The fourth-order valence-corrected chi connectivity index (χ4v) is 4.24. The van der Waals surface area contributed by atoms with Gasteiger partial charge in [0.15, 0.2) is 0 Å². The summed E-state index contributed by atoms with van der Waals surface area (Å²) < 4.78 is 0. The molecular formula is C25H53N. The van der Waals surface area contributed by atoms with Gasteiger partial charge in [-0.2, -0.15) is 0 Å². The van der Waals surface area contributed by atoms with Crippen LogP contribution in [0, 0.1) is 17.3 Å². The molecule has 0 N–H and O–H groups in total. The molecule has 0 fully saturated rings. The molecule has 0 rings (SSSR count). The monoisotopic (exact) mass is 367 g/mol. The van der Waals surface area contributed by atoms with Crippen molar-refractivity contribution in [1.29, 1.82) is 0 Å². The van der Waals surface area contributed by atoms with Crippen LogP contribution in [-0.4, -0.2) is 24.5 Å². The zero-order valence-corrected chi connectivity index (χ0v) is 19.7. The van der Waals surface area contributed by atoms with Gasteiger partial charge in [-0.1, -0.05) is 99.8 Å². The number of rotatable bonds is 17. The Bertz CT molecular complexity index is 291. The molecular weight excluding hydrogens is 314 g/mol. The second kappa shape index (κ2) is 16.0. The quantitative estimate of drug-likeness (QED) is 0.233. The van der Waals surface area contributed by atoms with Crippen molar-refractivity contribution >= 4 is 0 Å². The van der Waals surface area contributed by atoms with Gasteiger partial charge in [-0.15, -0.1) is 0 Å². The number of hydrogen-bond acceptors (Lipinski definition) is 1. The predicted octanol–water partition coefficient (Wildman–Crippen LogP) is 8.33. The van der Waals surface area contributed by atoms with Crippen LogP contribution in [0.5, 0.6) is 0 Å². The summed E-state index contributed by atoms with van der Waals surface area (Å²) in [5, 5.41) is 0. The minimum atomic E-state index is 0.469. The highest BCUT2D eigenvalue weighted by atomic mass is 15.1. The summed E-state index contributed by atoms with van der Waals surface area (Å²) in [6.07, 6.45) is 16.7. The molecule has 0 aliphatic rings. The van der Waals surface area contributed by atoms with E-state index in [9.17, 15) is 0 Å². The van der Waals surface area contributed by atoms with Crippen molar-refractivity contribution in [1.82, 2.24) is 4.90 Å². The summed E-state index contributed by atoms with van der Waals surface area (Å²) in [5.41, 5.74) is 0.469. The molecule has 0 aliphatic carbocycles. The van der Waals surface area contributed by atoms with E-state index in [4.69, 9.17) is 0 Å². The third-order valence-corrected chi connectivity index (χ3v) is 5.79. The summed E-state index contributed by atoms with van der Waals surface area (Å²) in [4.78, 5) is 2.82. The first-order valence-electron chi connectivity index (χ1n) is 12.0. The largest absolute Gasteiger partial charge is 0.303 e. The van der Waals surface area contributed by atoms with Crippen LogP contribution in [0.25, 0.3) is 0 Å². The minimum absolute atomic E-state index is 0.469. The summed E-state index contributed by atoms with van der Waals surface area (Å²) in [6.45, 7) is 20.6. The molecule has 0 amide bonds. The standard InChI is InChI=1S/C25H53N/c1-8-11-13-14-15-16-19-26(22-24(10-3)17-12-9-2)20-18-23(4)21-25(5,6)7/h23-24H,8-22H2,1-7H3. The van der Waals surface area contributed by atoms with E-state index in [1.165, 1.54) is 96.7 Å². The lowest BCUT2D eigenvalue weighted by atomic mass is 9.84. The van der Waals surface area contributed by atoms with Gasteiger partial charge in [0.25, 0.3) is 0 Å². The van der Waals surface area contributed by atoms with Crippen LogP contribution in [0.1, 0.15) is 126 Å². The molecule has 0 bridgehead atoms. The van der Waals surface area contributed by atoms with Crippen molar-refractivity contribution < 1.29 is 0 Å². The SMILES string of the molecule is CCCCCCCCN(CCC(C)CC(C)(C)C)CC(CC)CCCC. The molecule has 2 atom stereocenters. The maximum Gasteiger partial charge on any atom is 0.000956 e. The Kier molecular flexibility index (Phi) is 15.9. The molecule has 0 aromatic rings. The normalized spacial score (nSPS) is 14.8. The zero-order chi connectivity index (χ0) is 19.8. The van der Waals surface area contributed by atoms with Crippen LogP contribution in [0.15, 0.2) is 0 Å². The van der Waals surface area contributed by atoms with E-state index in [1.54, 1.807) is 0 Å². The number of hydrogen-bond donors (Lipinski definition) is 0. The van der Waals surface area contributed by atoms with Crippen LogP contribution >= 0.6 is 0 Å². The van der Waals surface area contributed by atoms with Gasteiger partial charge in [-0.3, -0.25) is 0 Å². The van der Waals surface area contributed by atoms with Crippen molar-refractivity contribution in [2.45, 2.75) is 126 Å². The van der Waals surface area contributed by atoms with Gasteiger partial charge in [0.1, 0.15) is 0 Å². The first kappa shape index (κ1) is 26.0. The molecule has 26 heavy (non-hydrogen) atoms. The lowest BCUT2D eigenvalue weighted by molar-refractivity contribution is 0.191. The topological polar surface area (TPSA) is 3.24 Å². The van der Waals surface area contributed by atoms with Crippen LogP contribution in [-0.2, 0) is 0 Å². The Labute approximate surface area is 167 Å². The van der Waals surface area contributed by atoms with E-state index >= 15 is 0 Å². The number of unbranched alkanes of at least 4 members (excludes halogenated alkanes) is 6. The molecule has 0 aliphatic heterocycles. The second-order valence-electron chi connectivity index (χ2n) is 10.1. The third kappa shape index (κ3) is 16.2. The molecule has 1 heteroatoms. The predicted molar refractivity (Wildman–Crippen MR) is 121 cm³/mol. The minimum Gasteiger partial charge on any atom is -0.303 e. The Morgan fingerprint density at radius 2 is 1.35 bits per heavy atom. The Morgan fingerprint density at radius 3 is 1.92 bits per heavy atom. The molecule has 2 unspecified atom stereocenters. The molecule has 0 aromatic carbocycles. The van der Waals surface area contributed by atoms with Crippen molar-refractivity contribution in [3.8, 4) is 0 Å². The molecule has 0 spiro atoms. The highest BCUT2D eigenvalue weighted by Crippen LogP contribution is 2.26. The van der Waals surface area contributed by atoms with E-state index in [1.807, 2.05) is 0 Å². The summed E-state index contributed by atoms with van der Waals surface area (Å²) >= 11 is 0. The van der Waals surface area contributed by atoms with Gasteiger partial charge in [-0.25, -0.2) is 0 Å². The Balaban J connectivity index is 4.37. The fourth-order valence-electron chi connectivity index (χ4n) is 4.24. The van der Waals surface area contributed by atoms with Crippen LogP contribution < -0.4 is 0 Å².